The fourth-order valence-electron chi connectivity index (χ4n) is 4.16. The van der Waals surface area contributed by atoms with Crippen molar-refractivity contribution in [2.75, 3.05) is 19.6 Å². The molecule has 2 unspecified atom stereocenters. The zero-order chi connectivity index (χ0) is 18.1. The van der Waals surface area contributed by atoms with E-state index < -0.39 is 17.9 Å². The molecule has 1 spiro atoms. The Balaban J connectivity index is 1.64. The Kier molecular flexibility index (Phi) is 4.60. The Morgan fingerprint density at radius 1 is 1.35 bits per heavy atom. The number of ketones is 1. The number of aromatic nitrogens is 1. The number of hydroxylamine groups is 1. The fourth-order valence-corrected chi connectivity index (χ4v) is 4.16. The summed E-state index contributed by atoms with van der Waals surface area (Å²) < 4.78 is 0. The van der Waals surface area contributed by atoms with Crippen LogP contribution in [0.5, 0.6) is 0 Å². The van der Waals surface area contributed by atoms with Crippen LogP contribution in [0.25, 0.3) is 5.57 Å². The molecule has 1 aromatic heterocycles. The lowest BCUT2D eigenvalue weighted by atomic mass is 9.79. The van der Waals surface area contributed by atoms with Gasteiger partial charge in [-0.15, -0.1) is 0 Å². The molecule has 4 N–H and O–H groups in total. The maximum atomic E-state index is 13.3. The van der Waals surface area contributed by atoms with Crippen molar-refractivity contribution < 1.29 is 14.8 Å². The van der Waals surface area contributed by atoms with Gasteiger partial charge in [0.15, 0.2) is 5.78 Å². The van der Waals surface area contributed by atoms with E-state index in [1.807, 2.05) is 12.1 Å². The van der Waals surface area contributed by atoms with Gasteiger partial charge in [0.1, 0.15) is 5.69 Å². The number of hydrogen-bond acceptors (Lipinski definition) is 6. The van der Waals surface area contributed by atoms with Crippen molar-refractivity contribution in [3.63, 3.8) is 0 Å². The van der Waals surface area contributed by atoms with Crippen molar-refractivity contribution in [3.8, 4) is 0 Å². The molecule has 26 heavy (non-hydrogen) atoms. The van der Waals surface area contributed by atoms with Gasteiger partial charge in [-0.25, -0.2) is 5.48 Å². The summed E-state index contributed by atoms with van der Waals surface area (Å²) in [4.78, 5) is 29.9. The van der Waals surface area contributed by atoms with E-state index in [9.17, 15) is 9.59 Å². The van der Waals surface area contributed by atoms with Crippen LogP contribution in [-0.4, -0.2) is 47.6 Å². The summed E-state index contributed by atoms with van der Waals surface area (Å²) in [5.41, 5.74) is 4.21. The number of rotatable bonds is 4. The van der Waals surface area contributed by atoms with Crippen LogP contribution in [0.15, 0.2) is 24.4 Å². The first-order valence-electron chi connectivity index (χ1n) is 9.20. The topological polar surface area (TPSA) is 103 Å². The smallest absolute Gasteiger partial charge is 0.248 e. The second-order valence-electron chi connectivity index (χ2n) is 7.59. The highest BCUT2D eigenvalue weighted by atomic mass is 16.5. The van der Waals surface area contributed by atoms with Gasteiger partial charge in [-0.1, -0.05) is 12.1 Å². The van der Waals surface area contributed by atoms with Crippen molar-refractivity contribution in [2.24, 2.45) is 11.3 Å². The number of piperidine rings is 1. The molecule has 7 heteroatoms. The summed E-state index contributed by atoms with van der Waals surface area (Å²) in [6.45, 7) is 2.37. The number of carbonyl (C=O) groups is 2. The van der Waals surface area contributed by atoms with E-state index in [1.165, 1.54) is 0 Å². The second kappa shape index (κ2) is 6.90. The summed E-state index contributed by atoms with van der Waals surface area (Å²) >= 11 is 0. The zero-order valence-corrected chi connectivity index (χ0v) is 14.6. The average molecular weight is 356 g/mol. The summed E-state index contributed by atoms with van der Waals surface area (Å²) in [5, 5.41) is 15.7. The van der Waals surface area contributed by atoms with Gasteiger partial charge in [0, 0.05) is 24.8 Å². The van der Waals surface area contributed by atoms with Gasteiger partial charge in [-0.2, -0.15) is 0 Å². The van der Waals surface area contributed by atoms with Crippen LogP contribution in [-0.2, 0) is 4.79 Å². The highest BCUT2D eigenvalue weighted by molar-refractivity contribution is 6.04. The van der Waals surface area contributed by atoms with Gasteiger partial charge in [0.05, 0.1) is 12.0 Å². The molecule has 0 radical (unpaired) electrons. The lowest BCUT2D eigenvalue weighted by Gasteiger charge is -2.35. The maximum Gasteiger partial charge on any atom is 0.248 e. The summed E-state index contributed by atoms with van der Waals surface area (Å²) in [7, 11) is 0. The van der Waals surface area contributed by atoms with E-state index >= 15 is 0 Å². The fraction of sp³-hybridized carbons (Fsp3) is 0.526. The molecule has 4 rings (SSSR count). The molecule has 2 atom stereocenters. The Labute approximate surface area is 152 Å². The molecule has 2 fully saturated rings. The molecule has 0 aromatic carbocycles. The van der Waals surface area contributed by atoms with Crippen molar-refractivity contribution in [1.82, 2.24) is 21.1 Å². The lowest BCUT2D eigenvalue weighted by molar-refractivity contribution is -0.135. The third-order valence-electron chi connectivity index (χ3n) is 5.89. The van der Waals surface area contributed by atoms with E-state index in [0.717, 1.165) is 50.0 Å². The number of pyridine rings is 1. The average Bonchev–Trinajstić information content (AvgIpc) is 3.46. The number of amides is 1. The molecule has 1 aliphatic carbocycles. The molecule has 1 aromatic rings. The first-order chi connectivity index (χ1) is 12.6. The van der Waals surface area contributed by atoms with Crippen molar-refractivity contribution in [1.29, 1.82) is 0 Å². The number of nitrogens with zero attached hydrogens (tertiary/aromatic N) is 1. The first-order valence-corrected chi connectivity index (χ1v) is 9.20. The maximum absolute atomic E-state index is 13.3. The molecule has 3 heterocycles. The van der Waals surface area contributed by atoms with Crippen LogP contribution in [0.2, 0.25) is 0 Å². The Bertz CT molecular complexity index is 757. The van der Waals surface area contributed by atoms with Gasteiger partial charge in [0.25, 0.3) is 0 Å². The minimum Gasteiger partial charge on any atom is -0.313 e. The minimum absolute atomic E-state index is 0.110. The van der Waals surface area contributed by atoms with Crippen molar-refractivity contribution >= 4 is 17.3 Å². The van der Waals surface area contributed by atoms with Gasteiger partial charge in [-0.05, 0) is 49.3 Å². The second-order valence-corrected chi connectivity index (χ2v) is 7.59. The SMILES string of the molecule is O=C(NO)C1CC2(CC2)CNC1C(=O)c1ncccc1C1=CCNCC1. The predicted molar refractivity (Wildman–Crippen MR) is 95.5 cm³/mol. The molecule has 3 aliphatic rings. The van der Waals surface area contributed by atoms with Crippen LogP contribution >= 0.6 is 0 Å². The molecule has 138 valence electrons. The van der Waals surface area contributed by atoms with E-state index in [1.54, 1.807) is 11.7 Å². The molecule has 2 aliphatic heterocycles. The number of hydrogen-bond donors (Lipinski definition) is 4. The third kappa shape index (κ3) is 3.18. The Hall–Kier alpha value is -2.09. The van der Waals surface area contributed by atoms with Crippen LogP contribution < -0.4 is 16.1 Å². The molecule has 7 nitrogen and oxygen atoms in total. The molecular weight excluding hydrogens is 332 g/mol. The third-order valence-corrected chi connectivity index (χ3v) is 5.89. The van der Waals surface area contributed by atoms with Gasteiger partial charge < -0.3 is 10.6 Å². The molecular formula is C19H24N4O3. The number of Topliss-reactive ketones (excluding diaryl/α,β-unsaturated/α-hetero) is 1. The predicted octanol–water partition coefficient (Wildman–Crippen LogP) is 0.905. The molecule has 1 saturated heterocycles. The first kappa shape index (κ1) is 17.3. The van der Waals surface area contributed by atoms with Crippen LogP contribution in [0.4, 0.5) is 0 Å². The summed E-state index contributed by atoms with van der Waals surface area (Å²) in [5.74, 6) is -1.26. The van der Waals surface area contributed by atoms with Crippen LogP contribution in [0.3, 0.4) is 0 Å². The quantitative estimate of drug-likeness (QED) is 0.363. The standard InChI is InChI=1S/C19H24N4O3/c24-17(15-13(2-1-7-21-15)12-3-8-20-9-4-12)16-14(18(25)23-26)10-19(5-6-19)11-22-16/h1-3,7,14,16,20,22,26H,4-6,8-11H2,(H,23,25). The summed E-state index contributed by atoms with van der Waals surface area (Å²) in [6, 6.07) is 3.09. The largest absolute Gasteiger partial charge is 0.313 e. The van der Waals surface area contributed by atoms with Crippen molar-refractivity contribution in [2.45, 2.75) is 31.7 Å². The van der Waals surface area contributed by atoms with Crippen molar-refractivity contribution in [3.05, 3.63) is 35.7 Å². The van der Waals surface area contributed by atoms with Gasteiger partial charge in [0.2, 0.25) is 5.91 Å². The normalized spacial score (nSPS) is 26.9. The van der Waals surface area contributed by atoms with Crippen LogP contribution in [0.1, 0.15) is 41.7 Å². The molecule has 0 bridgehead atoms. The lowest BCUT2D eigenvalue weighted by Crippen LogP contribution is -2.55. The number of nitrogens with one attached hydrogen (secondary N) is 3. The highest BCUT2D eigenvalue weighted by Gasteiger charge is 2.52. The van der Waals surface area contributed by atoms with Gasteiger partial charge >= 0.3 is 0 Å². The Morgan fingerprint density at radius 2 is 2.19 bits per heavy atom. The van der Waals surface area contributed by atoms with Gasteiger partial charge in [-0.3, -0.25) is 19.8 Å². The zero-order valence-electron chi connectivity index (χ0n) is 14.6. The number of carbonyl (C=O) groups excluding carboxylic acids is 2. The molecule has 1 saturated carbocycles. The van der Waals surface area contributed by atoms with E-state index in [4.69, 9.17) is 5.21 Å². The minimum atomic E-state index is -0.663. The van der Waals surface area contributed by atoms with E-state index in [-0.39, 0.29) is 11.2 Å². The molecule has 1 amide bonds. The monoisotopic (exact) mass is 356 g/mol. The Morgan fingerprint density at radius 3 is 2.88 bits per heavy atom. The van der Waals surface area contributed by atoms with E-state index in [2.05, 4.69) is 21.7 Å². The van der Waals surface area contributed by atoms with Crippen LogP contribution in [0, 0.1) is 11.3 Å². The summed E-state index contributed by atoms with van der Waals surface area (Å²) in [6.07, 6.45) is 7.29. The van der Waals surface area contributed by atoms with E-state index in [0.29, 0.717) is 12.1 Å². The highest BCUT2D eigenvalue weighted by Crippen LogP contribution is 2.52.